The Balaban J connectivity index is 1.35. The van der Waals surface area contributed by atoms with Gasteiger partial charge in [-0.3, -0.25) is 0 Å². The highest BCUT2D eigenvalue weighted by atomic mass is 28.4. The van der Waals surface area contributed by atoms with Crippen LogP contribution in [0.4, 0.5) is 0 Å². The number of hydrogen-bond acceptors (Lipinski definition) is 7. The molecule has 4 aliphatic rings. The van der Waals surface area contributed by atoms with Gasteiger partial charge >= 0.3 is 5.97 Å². The zero-order valence-electron chi connectivity index (χ0n) is 28.3. The minimum atomic E-state index is -3.23. The lowest BCUT2D eigenvalue weighted by molar-refractivity contribution is -0.256. The average molecular weight is 657 g/mol. The van der Waals surface area contributed by atoms with Crippen LogP contribution in [0.25, 0.3) is 0 Å². The lowest BCUT2D eigenvalue weighted by atomic mass is 9.68. The Morgan fingerprint density at radius 2 is 1.32 bits per heavy atom. The summed E-state index contributed by atoms with van der Waals surface area (Å²) in [6, 6.07) is 29.1. The molecule has 3 aromatic carbocycles. The zero-order chi connectivity index (χ0) is 33.4. The van der Waals surface area contributed by atoms with Crippen molar-refractivity contribution in [1.29, 1.82) is 0 Å². The summed E-state index contributed by atoms with van der Waals surface area (Å²) in [5.74, 6) is -1.18. The highest BCUT2D eigenvalue weighted by Gasteiger charge is 2.76. The van der Waals surface area contributed by atoms with Crippen molar-refractivity contribution in [2.45, 2.75) is 108 Å². The smallest absolute Gasteiger partial charge is 0.338 e. The summed E-state index contributed by atoms with van der Waals surface area (Å²) in [5, 5.41) is 26.0. The Kier molecular flexibility index (Phi) is 7.90. The lowest BCUT2D eigenvalue weighted by Crippen LogP contribution is -2.73. The number of ether oxygens (including phenoxy) is 3. The van der Waals surface area contributed by atoms with Crippen LogP contribution in [0.15, 0.2) is 91.0 Å². The van der Waals surface area contributed by atoms with Gasteiger partial charge in [0.2, 0.25) is 0 Å². The molecule has 2 bridgehead atoms. The third-order valence-corrected chi connectivity index (χ3v) is 17.5. The maximum atomic E-state index is 13.4. The minimum Gasteiger partial charge on any atom is -0.453 e. The largest absolute Gasteiger partial charge is 0.453 e. The molecule has 3 saturated carbocycles. The van der Waals surface area contributed by atoms with Crippen molar-refractivity contribution in [3.05, 3.63) is 96.6 Å². The molecule has 3 aromatic rings. The summed E-state index contributed by atoms with van der Waals surface area (Å²) in [4.78, 5) is 13.4. The standard InChI is InChI=1S/C39H48O7Si/c1-36(2,3)47(27-18-12-8-13-19-27,28-20-14-9-15-21-28)46-33-30(41)31(43-35(42)25-16-10-7-11-17-25)29(40)32-34(33)45-39(44-32)24-26-22-23-38(39,6)37(26,4)5/h7-21,26,29-34,40-41H,22-24H2,1-6H3/t26-,29+,30-,31+,32-,33+,34-,38-,39?/m1/s1. The second kappa shape index (κ2) is 11.4. The Bertz CT molecular complexity index is 1550. The SMILES string of the molecule is CC1(C)[C@@H]2CC[C@@]1(C)C1(C2)O[C@@H]2[C@H](O1)[C@@H](O)[C@H](OC(=O)c1ccccc1)[C@@H](O)[C@@H]2O[Si](c1ccccc1)(c1ccccc1)C(C)(C)C. The molecule has 8 heteroatoms. The molecule has 47 heavy (non-hydrogen) atoms. The van der Waals surface area contributed by atoms with E-state index >= 15 is 0 Å². The summed E-state index contributed by atoms with van der Waals surface area (Å²) < 4.78 is 27.6. The topological polar surface area (TPSA) is 94.5 Å². The van der Waals surface area contributed by atoms with Gasteiger partial charge in [0.25, 0.3) is 8.32 Å². The summed E-state index contributed by atoms with van der Waals surface area (Å²) in [6.07, 6.45) is -3.91. The molecular formula is C39H48O7Si. The van der Waals surface area contributed by atoms with E-state index in [0.717, 1.165) is 23.2 Å². The lowest BCUT2D eigenvalue weighted by Gasteiger charge is -2.50. The minimum absolute atomic E-state index is 0.0441. The number of aliphatic hydroxyl groups is 2. The van der Waals surface area contributed by atoms with E-state index in [9.17, 15) is 15.0 Å². The first kappa shape index (κ1) is 32.7. The van der Waals surface area contributed by atoms with Crippen molar-refractivity contribution in [3.8, 4) is 0 Å². The third kappa shape index (κ3) is 4.74. The molecule has 1 unspecified atom stereocenters. The van der Waals surface area contributed by atoms with Crippen LogP contribution < -0.4 is 10.4 Å². The van der Waals surface area contributed by atoms with Crippen LogP contribution in [-0.4, -0.2) is 66.9 Å². The van der Waals surface area contributed by atoms with E-state index < -0.39 is 61.7 Å². The Morgan fingerprint density at radius 3 is 1.81 bits per heavy atom. The monoisotopic (exact) mass is 656 g/mol. The molecule has 2 N–H and O–H groups in total. The van der Waals surface area contributed by atoms with Crippen LogP contribution in [0.2, 0.25) is 5.04 Å². The number of fused-ring (bicyclic) bond motifs is 4. The summed E-state index contributed by atoms with van der Waals surface area (Å²) in [5.41, 5.74) is -0.0245. The number of aliphatic hydroxyl groups excluding tert-OH is 2. The first-order valence-corrected chi connectivity index (χ1v) is 18.9. The number of rotatable bonds is 6. The quantitative estimate of drug-likeness (QED) is 0.278. The highest BCUT2D eigenvalue weighted by molar-refractivity contribution is 6.99. The summed E-state index contributed by atoms with van der Waals surface area (Å²) >= 11 is 0. The normalized spacial score (nSPS) is 36.0. The molecule has 1 heterocycles. The third-order valence-electron chi connectivity index (χ3n) is 12.4. The molecule has 1 spiro atoms. The van der Waals surface area contributed by atoms with E-state index in [0.29, 0.717) is 17.9 Å². The van der Waals surface area contributed by atoms with Crippen molar-refractivity contribution < 1.29 is 33.6 Å². The molecule has 7 nitrogen and oxygen atoms in total. The Morgan fingerprint density at radius 1 is 0.787 bits per heavy atom. The van der Waals surface area contributed by atoms with E-state index in [1.54, 1.807) is 24.3 Å². The van der Waals surface area contributed by atoms with E-state index in [4.69, 9.17) is 18.6 Å². The second-order valence-electron chi connectivity index (χ2n) is 15.9. The molecular weight excluding hydrogens is 609 g/mol. The van der Waals surface area contributed by atoms with Crippen molar-refractivity contribution in [3.63, 3.8) is 0 Å². The molecule has 1 aliphatic heterocycles. The van der Waals surface area contributed by atoms with E-state index in [1.165, 1.54) is 0 Å². The van der Waals surface area contributed by atoms with Gasteiger partial charge in [-0.1, -0.05) is 120 Å². The van der Waals surface area contributed by atoms with E-state index in [-0.39, 0.29) is 10.8 Å². The van der Waals surface area contributed by atoms with Gasteiger partial charge in [-0.2, -0.15) is 0 Å². The number of benzene rings is 3. The molecule has 3 aliphatic carbocycles. The highest BCUT2D eigenvalue weighted by Crippen LogP contribution is 2.73. The predicted molar refractivity (Wildman–Crippen MR) is 182 cm³/mol. The molecule has 7 rings (SSSR count). The van der Waals surface area contributed by atoms with Gasteiger partial charge in [0.15, 0.2) is 11.9 Å². The van der Waals surface area contributed by atoms with E-state index in [1.807, 2.05) is 42.5 Å². The number of esters is 1. The Hall–Kier alpha value is -2.85. The molecule has 9 atom stereocenters. The van der Waals surface area contributed by atoms with Gasteiger partial charge in [0, 0.05) is 11.8 Å². The molecule has 0 aromatic heterocycles. The maximum absolute atomic E-state index is 13.4. The van der Waals surface area contributed by atoms with Crippen LogP contribution in [0.3, 0.4) is 0 Å². The van der Waals surface area contributed by atoms with Gasteiger partial charge in [0.05, 0.1) is 5.56 Å². The maximum Gasteiger partial charge on any atom is 0.338 e. The number of carbonyl (C=O) groups is 1. The molecule has 1 saturated heterocycles. The van der Waals surface area contributed by atoms with Crippen LogP contribution in [-0.2, 0) is 18.6 Å². The Labute approximate surface area is 279 Å². The molecule has 4 fully saturated rings. The van der Waals surface area contributed by atoms with Gasteiger partial charge in [-0.15, -0.1) is 0 Å². The second-order valence-corrected chi connectivity index (χ2v) is 20.1. The van der Waals surface area contributed by atoms with E-state index in [2.05, 4.69) is 65.8 Å². The van der Waals surface area contributed by atoms with Gasteiger partial charge in [0.1, 0.15) is 30.5 Å². The van der Waals surface area contributed by atoms with Gasteiger partial charge < -0.3 is 28.8 Å². The van der Waals surface area contributed by atoms with Crippen molar-refractivity contribution in [1.82, 2.24) is 0 Å². The fourth-order valence-electron chi connectivity index (χ4n) is 9.37. The average Bonchev–Trinajstić information content (AvgIpc) is 3.60. The number of carbonyl (C=O) groups excluding carboxylic acids is 1. The van der Waals surface area contributed by atoms with Crippen molar-refractivity contribution in [2.75, 3.05) is 0 Å². The van der Waals surface area contributed by atoms with Gasteiger partial charge in [-0.05, 0) is 51.7 Å². The molecule has 0 radical (unpaired) electrons. The molecule has 250 valence electrons. The predicted octanol–water partition coefficient (Wildman–Crippen LogP) is 5.22. The van der Waals surface area contributed by atoms with Crippen molar-refractivity contribution in [2.24, 2.45) is 16.7 Å². The fourth-order valence-corrected chi connectivity index (χ4v) is 14.1. The summed E-state index contributed by atoms with van der Waals surface area (Å²) in [6.45, 7) is 13.4. The van der Waals surface area contributed by atoms with Crippen LogP contribution in [0.5, 0.6) is 0 Å². The van der Waals surface area contributed by atoms with Crippen LogP contribution >= 0.6 is 0 Å². The molecule has 0 amide bonds. The van der Waals surface area contributed by atoms with Gasteiger partial charge in [-0.25, -0.2) is 4.79 Å². The summed E-state index contributed by atoms with van der Waals surface area (Å²) in [7, 11) is -3.23. The van der Waals surface area contributed by atoms with Crippen molar-refractivity contribution >= 4 is 24.7 Å². The first-order valence-electron chi connectivity index (χ1n) is 17.0. The van der Waals surface area contributed by atoms with Crippen LogP contribution in [0.1, 0.15) is 71.2 Å². The zero-order valence-corrected chi connectivity index (χ0v) is 29.3. The van der Waals surface area contributed by atoms with Crippen LogP contribution in [0, 0.1) is 16.7 Å². The first-order chi connectivity index (χ1) is 22.3. The fraction of sp³-hybridized carbons (Fsp3) is 0.513. The number of hydrogen-bond donors (Lipinski definition) is 2.